The van der Waals surface area contributed by atoms with Gasteiger partial charge < -0.3 is 19.9 Å². The van der Waals surface area contributed by atoms with Gasteiger partial charge in [0.1, 0.15) is 0 Å². The van der Waals surface area contributed by atoms with Gasteiger partial charge in [0.25, 0.3) is 0 Å². The van der Waals surface area contributed by atoms with Crippen molar-refractivity contribution >= 4 is 0 Å². The van der Waals surface area contributed by atoms with E-state index in [0.717, 1.165) is 6.61 Å². The van der Waals surface area contributed by atoms with E-state index in [1.165, 1.54) is 0 Å². The summed E-state index contributed by atoms with van der Waals surface area (Å²) in [5, 5.41) is 12.6. The van der Waals surface area contributed by atoms with Gasteiger partial charge in [0.2, 0.25) is 0 Å². The third-order valence-electron chi connectivity index (χ3n) is 1.79. The Labute approximate surface area is 86.6 Å². The molecule has 0 aromatic rings. The first kappa shape index (κ1) is 13.8. The predicted molar refractivity (Wildman–Crippen MR) is 56.5 cm³/mol. The van der Waals surface area contributed by atoms with Crippen LogP contribution in [0.15, 0.2) is 0 Å². The smallest absolute Gasteiger partial charge is 0.0897 e. The van der Waals surface area contributed by atoms with E-state index >= 15 is 0 Å². The molecule has 0 aromatic heterocycles. The van der Waals surface area contributed by atoms with Crippen molar-refractivity contribution in [3.8, 4) is 0 Å². The number of hydrogen-bond donors (Lipinski definition) is 2. The molecule has 2 atom stereocenters. The Bertz CT molecular complexity index is 108. The average molecular weight is 205 g/mol. The van der Waals surface area contributed by atoms with Crippen molar-refractivity contribution in [2.75, 3.05) is 33.0 Å². The van der Waals surface area contributed by atoms with Crippen LogP contribution in [0.2, 0.25) is 0 Å². The Kier molecular flexibility index (Phi) is 9.29. The van der Waals surface area contributed by atoms with E-state index in [0.29, 0.717) is 26.4 Å². The molecule has 0 spiro atoms. The molecule has 0 fully saturated rings. The summed E-state index contributed by atoms with van der Waals surface area (Å²) in [6.07, 6.45) is -0.431. The highest BCUT2D eigenvalue weighted by Crippen LogP contribution is 1.88. The second-order valence-electron chi connectivity index (χ2n) is 3.28. The van der Waals surface area contributed by atoms with Gasteiger partial charge in [-0.2, -0.15) is 0 Å². The topological polar surface area (TPSA) is 50.7 Å². The van der Waals surface area contributed by atoms with Crippen molar-refractivity contribution < 1.29 is 14.6 Å². The van der Waals surface area contributed by atoms with Gasteiger partial charge in [-0.25, -0.2) is 0 Å². The van der Waals surface area contributed by atoms with E-state index in [2.05, 4.69) is 5.32 Å². The van der Waals surface area contributed by atoms with Crippen molar-refractivity contribution in [2.24, 2.45) is 0 Å². The lowest BCUT2D eigenvalue weighted by molar-refractivity contribution is 0.0388. The van der Waals surface area contributed by atoms with Gasteiger partial charge in [0, 0.05) is 25.8 Å². The molecule has 0 aliphatic rings. The maximum absolute atomic E-state index is 9.43. The van der Waals surface area contributed by atoms with E-state index in [1.807, 2.05) is 20.8 Å². The quantitative estimate of drug-likeness (QED) is 0.572. The first-order valence-corrected chi connectivity index (χ1v) is 5.27. The summed E-state index contributed by atoms with van der Waals surface area (Å²) in [5.41, 5.74) is 0. The maximum Gasteiger partial charge on any atom is 0.0897 e. The standard InChI is InChI=1S/C10H23NO3/c1-4-13-7-9(3)11-6-10(12)8-14-5-2/h9-12H,4-8H2,1-3H3. The molecule has 0 heterocycles. The Morgan fingerprint density at radius 1 is 1.14 bits per heavy atom. The molecule has 0 radical (unpaired) electrons. The van der Waals surface area contributed by atoms with Crippen LogP contribution in [0.1, 0.15) is 20.8 Å². The number of nitrogens with one attached hydrogen (secondary N) is 1. The van der Waals surface area contributed by atoms with Gasteiger partial charge in [0.15, 0.2) is 0 Å². The minimum absolute atomic E-state index is 0.270. The molecule has 0 aliphatic heterocycles. The second kappa shape index (κ2) is 9.40. The first-order chi connectivity index (χ1) is 6.70. The van der Waals surface area contributed by atoms with E-state index in [4.69, 9.17) is 9.47 Å². The second-order valence-corrected chi connectivity index (χ2v) is 3.28. The molecule has 0 bridgehead atoms. The molecule has 0 saturated heterocycles. The molecular weight excluding hydrogens is 182 g/mol. The number of aliphatic hydroxyl groups is 1. The van der Waals surface area contributed by atoms with Gasteiger partial charge >= 0.3 is 0 Å². The highest BCUT2D eigenvalue weighted by molar-refractivity contribution is 4.64. The summed E-state index contributed by atoms with van der Waals surface area (Å²) in [5.74, 6) is 0. The Morgan fingerprint density at radius 3 is 2.29 bits per heavy atom. The summed E-state index contributed by atoms with van der Waals surface area (Å²) >= 11 is 0. The van der Waals surface area contributed by atoms with Crippen LogP contribution in [-0.4, -0.2) is 50.2 Å². The summed E-state index contributed by atoms with van der Waals surface area (Å²) in [6, 6.07) is 0.270. The fourth-order valence-electron chi connectivity index (χ4n) is 1.00. The maximum atomic E-state index is 9.43. The van der Waals surface area contributed by atoms with Gasteiger partial charge in [-0.05, 0) is 20.8 Å². The summed E-state index contributed by atoms with van der Waals surface area (Å²) in [7, 11) is 0. The van der Waals surface area contributed by atoms with Crippen LogP contribution in [0.5, 0.6) is 0 Å². The van der Waals surface area contributed by atoms with Gasteiger partial charge in [-0.3, -0.25) is 0 Å². The van der Waals surface area contributed by atoms with Crippen LogP contribution in [-0.2, 0) is 9.47 Å². The molecule has 0 saturated carbocycles. The van der Waals surface area contributed by atoms with Crippen molar-refractivity contribution in [1.82, 2.24) is 5.32 Å². The molecule has 2 unspecified atom stereocenters. The number of rotatable bonds is 9. The number of aliphatic hydroxyl groups excluding tert-OH is 1. The van der Waals surface area contributed by atoms with Crippen LogP contribution in [0.25, 0.3) is 0 Å². The molecular formula is C10H23NO3. The molecule has 0 rings (SSSR count). The Morgan fingerprint density at radius 2 is 1.71 bits per heavy atom. The lowest BCUT2D eigenvalue weighted by Crippen LogP contribution is -2.38. The lowest BCUT2D eigenvalue weighted by Gasteiger charge is -2.16. The van der Waals surface area contributed by atoms with Gasteiger partial charge in [0.05, 0.1) is 19.3 Å². The van der Waals surface area contributed by atoms with Crippen molar-refractivity contribution in [2.45, 2.75) is 32.9 Å². The van der Waals surface area contributed by atoms with Crippen LogP contribution in [0.4, 0.5) is 0 Å². The molecule has 4 nitrogen and oxygen atoms in total. The van der Waals surface area contributed by atoms with E-state index in [9.17, 15) is 5.11 Å². The zero-order valence-electron chi connectivity index (χ0n) is 9.45. The van der Waals surface area contributed by atoms with E-state index in [-0.39, 0.29) is 6.04 Å². The highest BCUT2D eigenvalue weighted by atomic mass is 16.5. The summed E-state index contributed by atoms with van der Waals surface area (Å²) in [6.45, 7) is 8.91. The minimum Gasteiger partial charge on any atom is -0.389 e. The van der Waals surface area contributed by atoms with Crippen molar-refractivity contribution in [1.29, 1.82) is 0 Å². The summed E-state index contributed by atoms with van der Waals surface area (Å²) in [4.78, 5) is 0. The van der Waals surface area contributed by atoms with E-state index in [1.54, 1.807) is 0 Å². The molecule has 4 heteroatoms. The van der Waals surface area contributed by atoms with Gasteiger partial charge in [-0.15, -0.1) is 0 Å². The first-order valence-electron chi connectivity index (χ1n) is 5.27. The third kappa shape index (κ3) is 8.44. The highest BCUT2D eigenvalue weighted by Gasteiger charge is 2.06. The fourth-order valence-corrected chi connectivity index (χ4v) is 1.00. The van der Waals surface area contributed by atoms with Crippen LogP contribution >= 0.6 is 0 Å². The largest absolute Gasteiger partial charge is 0.389 e. The Balaban J connectivity index is 3.31. The zero-order chi connectivity index (χ0) is 10.8. The van der Waals surface area contributed by atoms with Gasteiger partial charge in [-0.1, -0.05) is 0 Å². The molecule has 14 heavy (non-hydrogen) atoms. The molecule has 0 aromatic carbocycles. The normalized spacial score (nSPS) is 15.4. The lowest BCUT2D eigenvalue weighted by atomic mass is 10.3. The van der Waals surface area contributed by atoms with Crippen LogP contribution in [0.3, 0.4) is 0 Å². The predicted octanol–water partition coefficient (Wildman–Crippen LogP) is 0.398. The molecule has 86 valence electrons. The zero-order valence-corrected chi connectivity index (χ0v) is 9.45. The van der Waals surface area contributed by atoms with E-state index < -0.39 is 6.10 Å². The molecule has 0 aliphatic carbocycles. The van der Waals surface area contributed by atoms with Crippen molar-refractivity contribution in [3.05, 3.63) is 0 Å². The summed E-state index contributed by atoms with van der Waals surface area (Å²) < 4.78 is 10.3. The monoisotopic (exact) mass is 205 g/mol. The number of ether oxygens (including phenoxy) is 2. The molecule has 0 amide bonds. The fraction of sp³-hybridized carbons (Fsp3) is 1.00. The van der Waals surface area contributed by atoms with Crippen LogP contribution < -0.4 is 5.32 Å². The van der Waals surface area contributed by atoms with Crippen LogP contribution in [0, 0.1) is 0 Å². The molecule has 2 N–H and O–H groups in total. The average Bonchev–Trinajstić information content (AvgIpc) is 2.20. The third-order valence-corrected chi connectivity index (χ3v) is 1.79. The SMILES string of the molecule is CCOCC(O)CNC(C)COCC. The Hall–Kier alpha value is -0.160. The number of hydrogen-bond acceptors (Lipinski definition) is 4. The minimum atomic E-state index is -0.431. The van der Waals surface area contributed by atoms with Crippen molar-refractivity contribution in [3.63, 3.8) is 0 Å².